The highest BCUT2D eigenvalue weighted by Crippen LogP contribution is 2.32. The molecule has 2 aliphatic rings. The maximum absolute atomic E-state index is 12.5. The second kappa shape index (κ2) is 6.89. The Balaban J connectivity index is 1.32. The maximum atomic E-state index is 12.5. The molecule has 0 radical (unpaired) electrons. The number of hydrogen-bond donors (Lipinski definition) is 1. The standard InChI is InChI=1S/C21H25N3O/c1-16-7-5-6-8-17(16)11-23-12-18-14-24(15-19(18)13-23)21(25)22-20-9-3-2-4-10-20/h2-10,18-19H,11-15H2,1H3,(H,22,25)/t18-,19+. The summed E-state index contributed by atoms with van der Waals surface area (Å²) in [6.07, 6.45) is 0. The van der Waals surface area contributed by atoms with Gasteiger partial charge in [0.1, 0.15) is 0 Å². The van der Waals surface area contributed by atoms with Gasteiger partial charge in [-0.2, -0.15) is 0 Å². The van der Waals surface area contributed by atoms with E-state index in [9.17, 15) is 4.79 Å². The van der Waals surface area contributed by atoms with E-state index in [0.29, 0.717) is 11.8 Å². The van der Waals surface area contributed by atoms with E-state index in [2.05, 4.69) is 41.4 Å². The van der Waals surface area contributed by atoms with Gasteiger partial charge in [0.15, 0.2) is 0 Å². The number of fused-ring (bicyclic) bond motifs is 1. The van der Waals surface area contributed by atoms with Crippen molar-refractivity contribution < 1.29 is 4.79 Å². The molecule has 4 heteroatoms. The molecular formula is C21H25N3O. The van der Waals surface area contributed by atoms with Gasteiger partial charge in [-0.1, -0.05) is 42.5 Å². The van der Waals surface area contributed by atoms with Crippen LogP contribution in [0, 0.1) is 18.8 Å². The average Bonchev–Trinajstić information content (AvgIpc) is 3.16. The van der Waals surface area contributed by atoms with E-state index in [1.54, 1.807) is 0 Å². The van der Waals surface area contributed by atoms with Crippen molar-refractivity contribution in [3.05, 3.63) is 65.7 Å². The van der Waals surface area contributed by atoms with Crippen molar-refractivity contribution >= 4 is 11.7 Å². The highest BCUT2D eigenvalue weighted by molar-refractivity contribution is 5.89. The lowest BCUT2D eigenvalue weighted by Crippen LogP contribution is -2.36. The van der Waals surface area contributed by atoms with Crippen molar-refractivity contribution in [2.75, 3.05) is 31.5 Å². The molecule has 2 saturated heterocycles. The fourth-order valence-electron chi connectivity index (χ4n) is 4.14. The van der Waals surface area contributed by atoms with Crippen LogP contribution in [-0.2, 0) is 6.54 Å². The van der Waals surface area contributed by atoms with Crippen LogP contribution >= 0.6 is 0 Å². The van der Waals surface area contributed by atoms with Crippen LogP contribution in [0.2, 0.25) is 0 Å². The SMILES string of the molecule is Cc1ccccc1CN1C[C@@H]2CN(C(=O)Nc3ccccc3)C[C@@H]2C1. The summed E-state index contributed by atoms with van der Waals surface area (Å²) in [4.78, 5) is 17.0. The molecule has 130 valence electrons. The van der Waals surface area contributed by atoms with Crippen LogP contribution in [0.1, 0.15) is 11.1 Å². The lowest BCUT2D eigenvalue weighted by molar-refractivity contribution is 0.212. The van der Waals surface area contributed by atoms with Crippen LogP contribution < -0.4 is 5.32 Å². The lowest BCUT2D eigenvalue weighted by Gasteiger charge is -2.22. The third kappa shape index (κ3) is 3.54. The van der Waals surface area contributed by atoms with Gasteiger partial charge in [-0.3, -0.25) is 4.90 Å². The largest absolute Gasteiger partial charge is 0.324 e. The maximum Gasteiger partial charge on any atom is 0.321 e. The van der Waals surface area contributed by atoms with E-state index in [1.807, 2.05) is 35.2 Å². The summed E-state index contributed by atoms with van der Waals surface area (Å²) in [5.74, 6) is 1.20. The van der Waals surface area contributed by atoms with Gasteiger partial charge in [0.05, 0.1) is 0 Å². The summed E-state index contributed by atoms with van der Waals surface area (Å²) in [6, 6.07) is 18.4. The number of carbonyl (C=O) groups excluding carboxylic acids is 1. The van der Waals surface area contributed by atoms with E-state index in [1.165, 1.54) is 11.1 Å². The van der Waals surface area contributed by atoms with Gasteiger partial charge in [0, 0.05) is 38.4 Å². The predicted molar refractivity (Wildman–Crippen MR) is 100 cm³/mol. The molecule has 4 nitrogen and oxygen atoms in total. The lowest BCUT2D eigenvalue weighted by atomic mass is 10.0. The molecule has 2 aliphatic heterocycles. The van der Waals surface area contributed by atoms with Crippen LogP contribution in [0.4, 0.5) is 10.5 Å². The van der Waals surface area contributed by atoms with Crippen molar-refractivity contribution in [2.24, 2.45) is 11.8 Å². The van der Waals surface area contributed by atoms with Gasteiger partial charge in [-0.25, -0.2) is 4.79 Å². The van der Waals surface area contributed by atoms with Crippen LogP contribution in [0.3, 0.4) is 0 Å². The van der Waals surface area contributed by atoms with Gasteiger partial charge in [-0.05, 0) is 42.0 Å². The molecule has 0 aromatic heterocycles. The molecule has 2 heterocycles. The third-order valence-corrected chi connectivity index (χ3v) is 5.53. The monoisotopic (exact) mass is 335 g/mol. The second-order valence-corrected chi connectivity index (χ2v) is 7.34. The van der Waals surface area contributed by atoms with Crippen molar-refractivity contribution in [1.82, 2.24) is 9.80 Å². The fourth-order valence-corrected chi connectivity index (χ4v) is 4.14. The minimum Gasteiger partial charge on any atom is -0.324 e. The first-order valence-corrected chi connectivity index (χ1v) is 9.07. The predicted octanol–water partition coefficient (Wildman–Crippen LogP) is 3.59. The van der Waals surface area contributed by atoms with E-state index in [4.69, 9.17) is 0 Å². The Kier molecular flexibility index (Phi) is 4.45. The fraction of sp³-hybridized carbons (Fsp3) is 0.381. The molecule has 0 unspecified atom stereocenters. The Morgan fingerprint density at radius 1 is 0.960 bits per heavy atom. The molecule has 0 bridgehead atoms. The molecule has 0 aliphatic carbocycles. The minimum absolute atomic E-state index is 0.0334. The molecule has 2 aromatic carbocycles. The van der Waals surface area contributed by atoms with Crippen LogP contribution in [-0.4, -0.2) is 42.0 Å². The van der Waals surface area contributed by atoms with E-state index < -0.39 is 0 Å². The molecule has 0 saturated carbocycles. The minimum atomic E-state index is 0.0334. The Hall–Kier alpha value is -2.33. The Morgan fingerprint density at radius 3 is 2.28 bits per heavy atom. The zero-order valence-electron chi connectivity index (χ0n) is 14.7. The molecule has 25 heavy (non-hydrogen) atoms. The van der Waals surface area contributed by atoms with Crippen molar-refractivity contribution in [3.63, 3.8) is 0 Å². The number of aryl methyl sites for hydroxylation is 1. The number of benzene rings is 2. The number of carbonyl (C=O) groups is 1. The van der Waals surface area contributed by atoms with E-state index >= 15 is 0 Å². The van der Waals surface area contributed by atoms with Gasteiger partial charge < -0.3 is 10.2 Å². The molecular weight excluding hydrogens is 310 g/mol. The molecule has 2 fully saturated rings. The number of nitrogens with zero attached hydrogens (tertiary/aromatic N) is 2. The number of rotatable bonds is 3. The average molecular weight is 335 g/mol. The quantitative estimate of drug-likeness (QED) is 0.930. The van der Waals surface area contributed by atoms with Gasteiger partial charge in [0.25, 0.3) is 0 Å². The first-order chi connectivity index (χ1) is 12.2. The number of likely N-dealkylation sites (tertiary alicyclic amines) is 2. The Bertz CT molecular complexity index is 732. The summed E-state index contributed by atoms with van der Waals surface area (Å²) in [6.45, 7) is 7.13. The zero-order valence-corrected chi connectivity index (χ0v) is 14.7. The normalized spacial score (nSPS) is 22.8. The molecule has 0 spiro atoms. The Morgan fingerprint density at radius 2 is 1.60 bits per heavy atom. The topological polar surface area (TPSA) is 35.6 Å². The Labute approximate surface area is 149 Å². The third-order valence-electron chi connectivity index (χ3n) is 5.53. The highest BCUT2D eigenvalue weighted by Gasteiger charge is 2.41. The summed E-state index contributed by atoms with van der Waals surface area (Å²) in [5.41, 5.74) is 3.65. The van der Waals surface area contributed by atoms with Gasteiger partial charge >= 0.3 is 6.03 Å². The number of anilines is 1. The van der Waals surface area contributed by atoms with Crippen molar-refractivity contribution in [1.29, 1.82) is 0 Å². The van der Waals surface area contributed by atoms with E-state index in [0.717, 1.165) is 38.4 Å². The molecule has 1 N–H and O–H groups in total. The summed E-state index contributed by atoms with van der Waals surface area (Å²) < 4.78 is 0. The van der Waals surface area contributed by atoms with Crippen molar-refractivity contribution in [2.45, 2.75) is 13.5 Å². The molecule has 2 atom stereocenters. The number of hydrogen-bond acceptors (Lipinski definition) is 2. The smallest absolute Gasteiger partial charge is 0.321 e. The van der Waals surface area contributed by atoms with Crippen LogP contribution in [0.5, 0.6) is 0 Å². The zero-order chi connectivity index (χ0) is 17.2. The molecule has 2 aromatic rings. The van der Waals surface area contributed by atoms with E-state index in [-0.39, 0.29) is 6.03 Å². The number of para-hydroxylation sites is 1. The van der Waals surface area contributed by atoms with Crippen LogP contribution in [0.15, 0.2) is 54.6 Å². The first-order valence-electron chi connectivity index (χ1n) is 9.07. The number of amides is 2. The van der Waals surface area contributed by atoms with Crippen LogP contribution in [0.25, 0.3) is 0 Å². The molecule has 2 amide bonds. The van der Waals surface area contributed by atoms with Crippen molar-refractivity contribution in [3.8, 4) is 0 Å². The van der Waals surface area contributed by atoms with Gasteiger partial charge in [0.2, 0.25) is 0 Å². The number of nitrogens with one attached hydrogen (secondary N) is 1. The number of urea groups is 1. The second-order valence-electron chi connectivity index (χ2n) is 7.34. The first kappa shape index (κ1) is 16.2. The van der Waals surface area contributed by atoms with Gasteiger partial charge in [-0.15, -0.1) is 0 Å². The molecule has 4 rings (SSSR count). The summed E-state index contributed by atoms with van der Waals surface area (Å²) in [5, 5.41) is 3.01. The summed E-state index contributed by atoms with van der Waals surface area (Å²) in [7, 11) is 0. The highest BCUT2D eigenvalue weighted by atomic mass is 16.2. The summed E-state index contributed by atoms with van der Waals surface area (Å²) >= 11 is 0.